The maximum absolute atomic E-state index is 13.9. The summed E-state index contributed by atoms with van der Waals surface area (Å²) in [6.07, 6.45) is 2.23. The zero-order valence-electron chi connectivity index (χ0n) is 10.6. The molecule has 1 aliphatic rings. The molecule has 18 heavy (non-hydrogen) atoms. The van der Waals surface area contributed by atoms with E-state index < -0.39 is 23.0 Å². The fourth-order valence-electron chi connectivity index (χ4n) is 3.31. The van der Waals surface area contributed by atoms with Crippen LogP contribution in [0.1, 0.15) is 38.7 Å². The van der Waals surface area contributed by atoms with Crippen LogP contribution in [-0.4, -0.2) is 0 Å². The van der Waals surface area contributed by atoms with Gasteiger partial charge >= 0.3 is 0 Å². The number of benzene rings is 1. The van der Waals surface area contributed by atoms with Crippen LogP contribution in [0.2, 0.25) is 0 Å². The molecular formula is C14H18F3N. The molecule has 0 radical (unpaired) electrons. The lowest BCUT2D eigenvalue weighted by Crippen LogP contribution is -2.44. The van der Waals surface area contributed by atoms with Crippen molar-refractivity contribution in [2.24, 2.45) is 17.6 Å². The van der Waals surface area contributed by atoms with Gasteiger partial charge in [0.1, 0.15) is 0 Å². The Kier molecular flexibility index (Phi) is 3.41. The first-order valence-electron chi connectivity index (χ1n) is 6.26. The molecule has 1 nitrogen and oxygen atoms in total. The first-order chi connectivity index (χ1) is 8.33. The molecule has 4 heteroatoms. The Bertz CT molecular complexity index is 449. The van der Waals surface area contributed by atoms with Crippen LogP contribution in [0.15, 0.2) is 12.1 Å². The van der Waals surface area contributed by atoms with Crippen LogP contribution in [0.3, 0.4) is 0 Å². The summed E-state index contributed by atoms with van der Waals surface area (Å²) in [4.78, 5) is 0. The molecule has 2 atom stereocenters. The van der Waals surface area contributed by atoms with E-state index in [-0.39, 0.29) is 5.56 Å². The molecule has 0 aliphatic heterocycles. The normalized spacial score (nSPS) is 32.6. The second-order valence-corrected chi connectivity index (χ2v) is 5.73. The van der Waals surface area contributed by atoms with Crippen LogP contribution in [0, 0.1) is 29.3 Å². The average molecular weight is 257 g/mol. The molecular weight excluding hydrogens is 239 g/mol. The van der Waals surface area contributed by atoms with E-state index in [4.69, 9.17) is 5.73 Å². The lowest BCUT2D eigenvalue weighted by atomic mass is 9.69. The molecule has 2 rings (SSSR count). The number of nitrogens with two attached hydrogens (primary N) is 1. The van der Waals surface area contributed by atoms with Crippen molar-refractivity contribution in [2.75, 3.05) is 0 Å². The van der Waals surface area contributed by atoms with Gasteiger partial charge in [-0.15, -0.1) is 0 Å². The van der Waals surface area contributed by atoms with E-state index in [1.807, 2.05) is 0 Å². The Morgan fingerprint density at radius 1 is 1.06 bits per heavy atom. The summed E-state index contributed by atoms with van der Waals surface area (Å²) in [5, 5.41) is 0. The molecule has 0 spiro atoms. The van der Waals surface area contributed by atoms with Gasteiger partial charge in [0.15, 0.2) is 17.5 Å². The fourth-order valence-corrected chi connectivity index (χ4v) is 3.31. The summed E-state index contributed by atoms with van der Waals surface area (Å²) >= 11 is 0. The summed E-state index contributed by atoms with van der Waals surface area (Å²) in [5.74, 6) is -3.03. The summed E-state index contributed by atoms with van der Waals surface area (Å²) < 4.78 is 40.1. The van der Waals surface area contributed by atoms with Crippen molar-refractivity contribution in [3.8, 4) is 0 Å². The molecule has 1 aliphatic carbocycles. The zero-order valence-corrected chi connectivity index (χ0v) is 10.6. The maximum atomic E-state index is 13.9. The molecule has 1 saturated carbocycles. The van der Waals surface area contributed by atoms with Crippen LogP contribution in [0.4, 0.5) is 13.2 Å². The van der Waals surface area contributed by atoms with Gasteiger partial charge in [0, 0.05) is 11.1 Å². The first kappa shape index (κ1) is 13.4. The Hall–Kier alpha value is -1.03. The Morgan fingerprint density at radius 3 is 2.17 bits per heavy atom. The Balaban J connectivity index is 2.44. The van der Waals surface area contributed by atoms with Gasteiger partial charge < -0.3 is 5.73 Å². The van der Waals surface area contributed by atoms with Crippen LogP contribution >= 0.6 is 0 Å². The Labute approximate surface area is 105 Å². The third-order valence-electron chi connectivity index (χ3n) is 3.80. The van der Waals surface area contributed by atoms with E-state index in [9.17, 15) is 13.2 Å². The third-order valence-corrected chi connectivity index (χ3v) is 3.80. The van der Waals surface area contributed by atoms with Crippen molar-refractivity contribution in [3.05, 3.63) is 35.1 Å². The van der Waals surface area contributed by atoms with E-state index in [1.165, 1.54) is 6.07 Å². The van der Waals surface area contributed by atoms with Crippen molar-refractivity contribution in [1.29, 1.82) is 0 Å². The second-order valence-electron chi connectivity index (χ2n) is 5.73. The number of hydrogen-bond donors (Lipinski definition) is 1. The predicted octanol–water partition coefficient (Wildman–Crippen LogP) is 3.71. The highest BCUT2D eigenvalue weighted by atomic mass is 19.2. The highest BCUT2D eigenvalue weighted by Crippen LogP contribution is 2.41. The van der Waals surface area contributed by atoms with Gasteiger partial charge in [0.25, 0.3) is 0 Å². The standard InChI is InChI=1S/C14H18F3N/c1-8-5-9(2)7-14(18,6-8)10-3-4-11(15)13(17)12(10)16/h3-4,8-9H,5-7,18H2,1-2H3. The molecule has 0 amide bonds. The van der Waals surface area contributed by atoms with Crippen molar-refractivity contribution < 1.29 is 13.2 Å². The molecule has 1 aromatic carbocycles. The molecule has 0 bridgehead atoms. The minimum absolute atomic E-state index is 0.0970. The van der Waals surface area contributed by atoms with Crippen LogP contribution in [0.25, 0.3) is 0 Å². The molecule has 100 valence electrons. The minimum atomic E-state index is -1.43. The monoisotopic (exact) mass is 257 g/mol. The summed E-state index contributed by atoms with van der Waals surface area (Å²) in [5.41, 5.74) is 5.46. The molecule has 1 fully saturated rings. The lowest BCUT2D eigenvalue weighted by Gasteiger charge is -2.40. The molecule has 2 unspecified atom stereocenters. The topological polar surface area (TPSA) is 26.0 Å². The van der Waals surface area contributed by atoms with Crippen molar-refractivity contribution >= 4 is 0 Å². The molecule has 0 heterocycles. The molecule has 0 aromatic heterocycles. The van der Waals surface area contributed by atoms with E-state index in [0.29, 0.717) is 24.7 Å². The maximum Gasteiger partial charge on any atom is 0.194 e. The van der Waals surface area contributed by atoms with E-state index >= 15 is 0 Å². The second kappa shape index (κ2) is 4.57. The number of halogens is 3. The minimum Gasteiger partial charge on any atom is -0.321 e. The van der Waals surface area contributed by atoms with Crippen LogP contribution < -0.4 is 5.73 Å². The first-order valence-corrected chi connectivity index (χ1v) is 6.26. The van der Waals surface area contributed by atoms with Crippen molar-refractivity contribution in [2.45, 2.75) is 38.6 Å². The zero-order chi connectivity index (χ0) is 13.5. The molecule has 0 saturated heterocycles. The molecule has 2 N–H and O–H groups in total. The van der Waals surface area contributed by atoms with E-state index in [2.05, 4.69) is 13.8 Å². The predicted molar refractivity (Wildman–Crippen MR) is 64.4 cm³/mol. The van der Waals surface area contributed by atoms with Gasteiger partial charge in [-0.1, -0.05) is 19.9 Å². The van der Waals surface area contributed by atoms with Gasteiger partial charge in [0.2, 0.25) is 0 Å². The fraction of sp³-hybridized carbons (Fsp3) is 0.571. The highest BCUT2D eigenvalue weighted by Gasteiger charge is 2.38. The van der Waals surface area contributed by atoms with E-state index in [1.54, 1.807) is 0 Å². The smallest absolute Gasteiger partial charge is 0.194 e. The van der Waals surface area contributed by atoms with Gasteiger partial charge in [-0.25, -0.2) is 13.2 Å². The van der Waals surface area contributed by atoms with E-state index in [0.717, 1.165) is 12.5 Å². The van der Waals surface area contributed by atoms with Gasteiger partial charge in [-0.05, 0) is 37.2 Å². The SMILES string of the molecule is CC1CC(C)CC(N)(c2ccc(F)c(F)c2F)C1. The quantitative estimate of drug-likeness (QED) is 0.762. The lowest BCUT2D eigenvalue weighted by molar-refractivity contribution is 0.178. The van der Waals surface area contributed by atoms with Gasteiger partial charge in [-0.3, -0.25) is 0 Å². The summed E-state index contributed by atoms with van der Waals surface area (Å²) in [6.45, 7) is 4.10. The van der Waals surface area contributed by atoms with Crippen molar-refractivity contribution in [3.63, 3.8) is 0 Å². The van der Waals surface area contributed by atoms with Crippen LogP contribution in [-0.2, 0) is 5.54 Å². The van der Waals surface area contributed by atoms with Crippen molar-refractivity contribution in [1.82, 2.24) is 0 Å². The molecule has 1 aromatic rings. The van der Waals surface area contributed by atoms with Gasteiger partial charge in [-0.2, -0.15) is 0 Å². The summed E-state index contributed by atoms with van der Waals surface area (Å²) in [6, 6.07) is 2.23. The highest BCUT2D eigenvalue weighted by molar-refractivity contribution is 5.28. The number of rotatable bonds is 1. The van der Waals surface area contributed by atoms with Crippen LogP contribution in [0.5, 0.6) is 0 Å². The third kappa shape index (κ3) is 2.26. The average Bonchev–Trinajstić information content (AvgIpc) is 2.23. The largest absolute Gasteiger partial charge is 0.321 e. The Morgan fingerprint density at radius 2 is 1.61 bits per heavy atom. The summed E-state index contributed by atoms with van der Waals surface area (Å²) in [7, 11) is 0. The number of hydrogen-bond acceptors (Lipinski definition) is 1. The van der Waals surface area contributed by atoms with Gasteiger partial charge in [0.05, 0.1) is 0 Å².